The van der Waals surface area contributed by atoms with Crippen molar-refractivity contribution in [2.75, 3.05) is 34.4 Å². The van der Waals surface area contributed by atoms with Crippen LogP contribution in [-0.2, 0) is 9.57 Å². The molecular weight excluding hydrogens is 164 g/mol. The zero-order valence-electron chi connectivity index (χ0n) is 7.52. The van der Waals surface area contributed by atoms with Crippen LogP contribution in [0.3, 0.4) is 0 Å². The summed E-state index contributed by atoms with van der Waals surface area (Å²) in [5.74, 6) is 0. The SMILES string of the molecule is CN(C)C.O=[N+]([O-])OCC1CO1. The van der Waals surface area contributed by atoms with Crippen molar-refractivity contribution >= 4 is 0 Å². The van der Waals surface area contributed by atoms with Crippen molar-refractivity contribution < 1.29 is 14.7 Å². The fraction of sp³-hybridized carbons (Fsp3) is 1.00. The van der Waals surface area contributed by atoms with Gasteiger partial charge >= 0.3 is 0 Å². The van der Waals surface area contributed by atoms with Gasteiger partial charge in [0, 0.05) is 0 Å². The maximum absolute atomic E-state index is 9.46. The first kappa shape index (κ1) is 11.1. The van der Waals surface area contributed by atoms with Gasteiger partial charge in [0.15, 0.2) is 0 Å². The predicted octanol–water partition coefficient (Wildman–Crippen LogP) is -0.229. The maximum atomic E-state index is 9.46. The summed E-state index contributed by atoms with van der Waals surface area (Å²) in [5, 5.41) is 8.64. The van der Waals surface area contributed by atoms with E-state index in [1.807, 2.05) is 26.0 Å². The minimum absolute atomic E-state index is 0.0274. The molecule has 1 atom stereocenters. The van der Waals surface area contributed by atoms with Gasteiger partial charge in [-0.2, -0.15) is 0 Å². The third kappa shape index (κ3) is 11.9. The molecule has 1 rings (SSSR count). The van der Waals surface area contributed by atoms with E-state index in [2.05, 4.69) is 9.57 Å². The quantitative estimate of drug-likeness (QED) is 0.339. The van der Waals surface area contributed by atoms with Crippen LogP contribution in [0.2, 0.25) is 0 Å². The second kappa shape index (κ2) is 5.73. The summed E-state index contributed by atoms with van der Waals surface area (Å²) < 4.78 is 4.63. The van der Waals surface area contributed by atoms with Crippen molar-refractivity contribution in [3.05, 3.63) is 10.1 Å². The lowest BCUT2D eigenvalue weighted by Gasteiger charge is -1.90. The number of hydrogen-bond acceptors (Lipinski definition) is 5. The van der Waals surface area contributed by atoms with E-state index in [1.165, 1.54) is 0 Å². The summed E-state index contributed by atoms with van der Waals surface area (Å²) in [4.78, 5) is 15.4. The molecule has 0 aliphatic carbocycles. The van der Waals surface area contributed by atoms with Gasteiger partial charge in [-0.1, -0.05) is 0 Å². The molecule has 72 valence electrons. The van der Waals surface area contributed by atoms with Crippen LogP contribution in [0, 0.1) is 10.1 Å². The fourth-order valence-corrected chi connectivity index (χ4v) is 0.308. The molecule has 1 unspecified atom stereocenters. The monoisotopic (exact) mass is 178 g/mol. The number of nitrogens with zero attached hydrogens (tertiary/aromatic N) is 2. The standard InChI is InChI=1S/C3H5NO4.C3H9N/c5-4(6)8-2-3-1-7-3;1-4(2)3/h3H,1-2H2;1-3H3. The van der Waals surface area contributed by atoms with E-state index in [4.69, 9.17) is 0 Å². The fourth-order valence-electron chi connectivity index (χ4n) is 0.308. The van der Waals surface area contributed by atoms with Crippen molar-refractivity contribution in [3.63, 3.8) is 0 Å². The van der Waals surface area contributed by atoms with Crippen LogP contribution in [0.1, 0.15) is 0 Å². The number of epoxide rings is 1. The topological polar surface area (TPSA) is 68.1 Å². The Morgan fingerprint density at radius 1 is 1.67 bits per heavy atom. The Morgan fingerprint density at radius 2 is 2.08 bits per heavy atom. The van der Waals surface area contributed by atoms with Gasteiger partial charge in [-0.05, 0) is 21.1 Å². The molecule has 0 amide bonds. The molecule has 0 saturated carbocycles. The van der Waals surface area contributed by atoms with Crippen molar-refractivity contribution in [1.29, 1.82) is 0 Å². The van der Waals surface area contributed by atoms with Crippen LogP contribution in [0.5, 0.6) is 0 Å². The highest BCUT2D eigenvalue weighted by molar-refractivity contribution is 4.65. The van der Waals surface area contributed by atoms with Gasteiger partial charge in [0.25, 0.3) is 5.09 Å². The van der Waals surface area contributed by atoms with E-state index in [-0.39, 0.29) is 12.7 Å². The van der Waals surface area contributed by atoms with E-state index in [0.717, 1.165) is 0 Å². The van der Waals surface area contributed by atoms with Crippen molar-refractivity contribution in [3.8, 4) is 0 Å². The van der Waals surface area contributed by atoms with Crippen LogP contribution in [-0.4, -0.2) is 50.4 Å². The summed E-state index contributed by atoms with van der Waals surface area (Å²) in [6.45, 7) is 0.668. The molecule has 1 fully saturated rings. The van der Waals surface area contributed by atoms with Crippen LogP contribution in [0.25, 0.3) is 0 Å². The minimum Gasteiger partial charge on any atom is -0.371 e. The van der Waals surface area contributed by atoms with Crippen LogP contribution >= 0.6 is 0 Å². The maximum Gasteiger partial charge on any atom is 0.294 e. The van der Waals surface area contributed by atoms with E-state index >= 15 is 0 Å². The zero-order valence-corrected chi connectivity index (χ0v) is 7.52. The first-order chi connectivity index (χ1) is 5.52. The Kier molecular flexibility index (Phi) is 5.31. The molecule has 0 aromatic carbocycles. The minimum atomic E-state index is -0.818. The third-order valence-corrected chi connectivity index (χ3v) is 0.768. The lowest BCUT2D eigenvalue weighted by molar-refractivity contribution is -0.758. The Labute approximate surface area is 71.2 Å². The molecule has 0 aromatic heterocycles. The number of rotatable bonds is 3. The van der Waals surface area contributed by atoms with Gasteiger partial charge in [-0.25, -0.2) is 0 Å². The van der Waals surface area contributed by atoms with E-state index in [1.54, 1.807) is 0 Å². The van der Waals surface area contributed by atoms with E-state index < -0.39 is 5.09 Å². The molecule has 1 heterocycles. The normalized spacial score (nSPS) is 19.5. The lowest BCUT2D eigenvalue weighted by atomic mass is 10.5. The molecule has 12 heavy (non-hydrogen) atoms. The van der Waals surface area contributed by atoms with E-state index in [9.17, 15) is 10.1 Å². The predicted molar refractivity (Wildman–Crippen MR) is 42.3 cm³/mol. The average Bonchev–Trinajstić information content (AvgIpc) is 2.63. The highest BCUT2D eigenvalue weighted by Crippen LogP contribution is 2.07. The summed E-state index contributed by atoms with van der Waals surface area (Å²) in [6, 6.07) is 0. The molecule has 0 bridgehead atoms. The van der Waals surface area contributed by atoms with Gasteiger partial charge in [0.05, 0.1) is 6.61 Å². The van der Waals surface area contributed by atoms with Crippen LogP contribution < -0.4 is 0 Å². The molecule has 6 nitrogen and oxygen atoms in total. The van der Waals surface area contributed by atoms with Gasteiger partial charge < -0.3 is 14.5 Å². The van der Waals surface area contributed by atoms with Crippen molar-refractivity contribution in [1.82, 2.24) is 4.90 Å². The van der Waals surface area contributed by atoms with Gasteiger partial charge in [0.1, 0.15) is 12.7 Å². The van der Waals surface area contributed by atoms with Gasteiger partial charge in [-0.15, -0.1) is 10.1 Å². The molecule has 0 N–H and O–H groups in total. The molecular formula is C6H14N2O4. The van der Waals surface area contributed by atoms with E-state index in [0.29, 0.717) is 6.61 Å². The van der Waals surface area contributed by atoms with Gasteiger partial charge in [0.2, 0.25) is 0 Å². The molecule has 1 saturated heterocycles. The molecule has 0 aromatic rings. The zero-order chi connectivity index (χ0) is 9.56. The average molecular weight is 178 g/mol. The number of ether oxygens (including phenoxy) is 1. The summed E-state index contributed by atoms with van der Waals surface area (Å²) in [6.07, 6.45) is -0.0274. The molecule has 0 spiro atoms. The number of hydrogen-bond donors (Lipinski definition) is 0. The summed E-state index contributed by atoms with van der Waals surface area (Å²) in [7, 11) is 6.00. The molecule has 1 aliphatic heterocycles. The molecule has 1 aliphatic rings. The smallest absolute Gasteiger partial charge is 0.294 e. The van der Waals surface area contributed by atoms with Crippen LogP contribution in [0.4, 0.5) is 0 Å². The summed E-state index contributed by atoms with van der Waals surface area (Å²) in [5.41, 5.74) is 0. The lowest BCUT2D eigenvalue weighted by Crippen LogP contribution is -2.06. The first-order valence-corrected chi connectivity index (χ1v) is 3.52. The Morgan fingerprint density at radius 3 is 2.33 bits per heavy atom. The van der Waals surface area contributed by atoms with Crippen molar-refractivity contribution in [2.45, 2.75) is 6.10 Å². The largest absolute Gasteiger partial charge is 0.371 e. The van der Waals surface area contributed by atoms with Crippen molar-refractivity contribution in [2.24, 2.45) is 0 Å². The highest BCUT2D eigenvalue weighted by Gasteiger charge is 2.23. The van der Waals surface area contributed by atoms with Crippen LogP contribution in [0.15, 0.2) is 0 Å². The third-order valence-electron chi connectivity index (χ3n) is 0.768. The Balaban J connectivity index is 0.000000261. The summed E-state index contributed by atoms with van der Waals surface area (Å²) >= 11 is 0. The second-order valence-corrected chi connectivity index (χ2v) is 2.82. The molecule has 6 heteroatoms. The Hall–Kier alpha value is -0.880. The highest BCUT2D eigenvalue weighted by atomic mass is 17.0. The second-order valence-electron chi connectivity index (χ2n) is 2.82. The molecule has 0 radical (unpaired) electrons. The van der Waals surface area contributed by atoms with Gasteiger partial charge in [-0.3, -0.25) is 0 Å². The first-order valence-electron chi connectivity index (χ1n) is 3.52. The Bertz CT molecular complexity index is 133.